The topological polar surface area (TPSA) is 87.2 Å². The molecule has 0 amide bonds. The molecule has 86 valence electrons. The Balaban J connectivity index is 0.000000980. The van der Waals surface area contributed by atoms with Crippen LogP contribution < -0.4 is 5.32 Å². The summed E-state index contributed by atoms with van der Waals surface area (Å²) in [5.74, 6) is 0. The van der Waals surface area contributed by atoms with Crippen LogP contribution in [0.5, 0.6) is 0 Å². The molecule has 0 fully saturated rings. The quantitative estimate of drug-likeness (QED) is 0.655. The zero-order valence-corrected chi connectivity index (χ0v) is 9.23. The highest BCUT2D eigenvalue weighted by molar-refractivity contribution is 5.85. The molecule has 0 spiro atoms. The second-order valence-corrected chi connectivity index (χ2v) is 2.73. The van der Waals surface area contributed by atoms with Gasteiger partial charge in [-0.3, -0.25) is 5.32 Å². The number of aromatic nitrogens is 2. The monoisotopic (exact) mass is 255 g/mol. The zero-order chi connectivity index (χ0) is 9.26. The van der Waals surface area contributed by atoms with E-state index in [0.29, 0.717) is 12.2 Å². The molecular weight excluding hydrogens is 245 g/mol. The lowest BCUT2D eigenvalue weighted by atomic mass is 10.1. The molecule has 1 aromatic rings. The van der Waals surface area contributed by atoms with Gasteiger partial charge in [0.05, 0.1) is 6.33 Å². The van der Waals surface area contributed by atoms with Crippen LogP contribution in [0.1, 0.15) is 17.6 Å². The van der Waals surface area contributed by atoms with Crippen molar-refractivity contribution < 1.29 is 14.6 Å². The highest BCUT2D eigenvalue weighted by Gasteiger charge is 2.24. The van der Waals surface area contributed by atoms with E-state index in [4.69, 9.17) is 5.11 Å². The van der Waals surface area contributed by atoms with Crippen LogP contribution in [-0.4, -0.2) is 27.8 Å². The normalized spacial score (nSPS) is 18.0. The highest BCUT2D eigenvalue weighted by Crippen LogP contribution is 2.19. The largest absolute Gasteiger partial charge is 0.507 e. The van der Waals surface area contributed by atoms with E-state index in [0.717, 1.165) is 12.1 Å². The summed E-state index contributed by atoms with van der Waals surface area (Å²) in [6, 6.07) is 0. The fourth-order valence-corrected chi connectivity index (χ4v) is 1.38. The van der Waals surface area contributed by atoms with Crippen LogP contribution in [0.25, 0.3) is 0 Å². The van der Waals surface area contributed by atoms with Crippen LogP contribution in [-0.2, 0) is 11.2 Å². The third kappa shape index (κ3) is 2.98. The van der Waals surface area contributed by atoms with Crippen LogP contribution in [0.2, 0.25) is 0 Å². The fraction of sp³-hybridized carbons (Fsp3) is 0.429. The van der Waals surface area contributed by atoms with Crippen molar-refractivity contribution in [3.05, 3.63) is 17.7 Å². The van der Waals surface area contributed by atoms with Gasteiger partial charge < -0.3 is 14.8 Å². The molecule has 1 atom stereocenters. The van der Waals surface area contributed by atoms with Crippen molar-refractivity contribution in [2.75, 3.05) is 6.54 Å². The van der Waals surface area contributed by atoms with E-state index in [2.05, 4.69) is 20.0 Å². The van der Waals surface area contributed by atoms with Crippen molar-refractivity contribution in [2.24, 2.45) is 0 Å². The van der Waals surface area contributed by atoms with E-state index in [-0.39, 0.29) is 24.8 Å². The van der Waals surface area contributed by atoms with Gasteiger partial charge in [0.25, 0.3) is 0 Å². The van der Waals surface area contributed by atoms with Gasteiger partial charge in [-0.05, 0) is 0 Å². The Morgan fingerprint density at radius 1 is 1.60 bits per heavy atom. The molecule has 1 aliphatic heterocycles. The molecule has 15 heavy (non-hydrogen) atoms. The van der Waals surface area contributed by atoms with Crippen molar-refractivity contribution in [3.8, 4) is 0 Å². The van der Waals surface area contributed by atoms with Crippen LogP contribution in [0.4, 0.5) is 4.79 Å². The molecule has 6 nitrogen and oxygen atoms in total. The molecular formula is C7H11Cl2N3O3. The molecule has 0 saturated heterocycles. The third-order valence-corrected chi connectivity index (χ3v) is 1.92. The highest BCUT2D eigenvalue weighted by atomic mass is 35.5. The van der Waals surface area contributed by atoms with E-state index in [1.54, 1.807) is 0 Å². The summed E-state index contributed by atoms with van der Waals surface area (Å²) in [5.41, 5.74) is 1.57. The van der Waals surface area contributed by atoms with Gasteiger partial charge in [0.2, 0.25) is 6.23 Å². The maximum atomic E-state index is 10.3. The number of carbonyl (C=O) groups is 1. The molecule has 0 bridgehead atoms. The summed E-state index contributed by atoms with van der Waals surface area (Å²) in [7, 11) is 0. The number of rotatable bonds is 1. The molecule has 8 heteroatoms. The van der Waals surface area contributed by atoms with Gasteiger partial charge in [-0.15, -0.1) is 24.8 Å². The van der Waals surface area contributed by atoms with Gasteiger partial charge in [0, 0.05) is 18.7 Å². The number of halogens is 2. The molecule has 0 radical (unpaired) electrons. The van der Waals surface area contributed by atoms with E-state index >= 15 is 0 Å². The predicted octanol–water partition coefficient (Wildman–Crippen LogP) is 1.09. The number of aromatic amines is 1. The Kier molecular flexibility index (Phi) is 5.41. The Hall–Kier alpha value is -0.980. The number of nitrogens with zero attached hydrogens (tertiary/aromatic N) is 1. The fourth-order valence-electron chi connectivity index (χ4n) is 1.38. The summed E-state index contributed by atoms with van der Waals surface area (Å²) >= 11 is 0. The summed E-state index contributed by atoms with van der Waals surface area (Å²) in [6.45, 7) is 0.688. The van der Waals surface area contributed by atoms with Crippen molar-refractivity contribution in [2.45, 2.75) is 12.6 Å². The number of ether oxygens (including phenoxy) is 1. The average Bonchev–Trinajstić information content (AvgIpc) is 2.51. The SMILES string of the molecule is Cl.Cl.O=C(O)OC1NCCc2[nH]cnc21. The Labute approximate surface area is 98.2 Å². The summed E-state index contributed by atoms with van der Waals surface area (Å²) < 4.78 is 4.60. The maximum absolute atomic E-state index is 10.3. The minimum absolute atomic E-state index is 0. The standard InChI is InChI=1S/C7H9N3O3.2ClH/c11-7(12)13-6-5-4(1-2-8-6)9-3-10-5;;/h3,6,8H,1-2H2,(H,9,10)(H,11,12);2*1H. The molecule has 0 saturated carbocycles. The van der Waals surface area contributed by atoms with Gasteiger partial charge in [-0.1, -0.05) is 0 Å². The molecule has 0 aliphatic carbocycles. The van der Waals surface area contributed by atoms with Crippen molar-refractivity contribution in [3.63, 3.8) is 0 Å². The lowest BCUT2D eigenvalue weighted by Crippen LogP contribution is -2.32. The van der Waals surface area contributed by atoms with Crippen molar-refractivity contribution >= 4 is 31.0 Å². The predicted molar refractivity (Wildman–Crippen MR) is 56.6 cm³/mol. The molecule has 1 unspecified atom stereocenters. The Morgan fingerprint density at radius 3 is 3.00 bits per heavy atom. The van der Waals surface area contributed by atoms with Crippen molar-refractivity contribution in [1.29, 1.82) is 0 Å². The van der Waals surface area contributed by atoms with Gasteiger partial charge in [0.1, 0.15) is 5.69 Å². The first-order chi connectivity index (χ1) is 6.27. The summed E-state index contributed by atoms with van der Waals surface area (Å²) in [4.78, 5) is 17.2. The summed E-state index contributed by atoms with van der Waals surface area (Å²) in [6.07, 6.45) is 0.422. The first-order valence-electron chi connectivity index (χ1n) is 3.92. The zero-order valence-electron chi connectivity index (χ0n) is 7.60. The average molecular weight is 256 g/mol. The van der Waals surface area contributed by atoms with Crippen LogP contribution in [0.3, 0.4) is 0 Å². The van der Waals surface area contributed by atoms with Gasteiger partial charge in [-0.25, -0.2) is 9.78 Å². The second-order valence-electron chi connectivity index (χ2n) is 2.73. The number of nitrogens with one attached hydrogen (secondary N) is 2. The van der Waals surface area contributed by atoms with Crippen LogP contribution in [0, 0.1) is 0 Å². The molecule has 1 aromatic heterocycles. The number of hydrogen-bond donors (Lipinski definition) is 3. The minimum atomic E-state index is -1.30. The number of hydrogen-bond acceptors (Lipinski definition) is 4. The first-order valence-corrected chi connectivity index (χ1v) is 3.92. The van der Waals surface area contributed by atoms with Crippen LogP contribution in [0.15, 0.2) is 6.33 Å². The lowest BCUT2D eigenvalue weighted by Gasteiger charge is -2.21. The third-order valence-electron chi connectivity index (χ3n) is 1.92. The van der Waals surface area contributed by atoms with E-state index in [1.165, 1.54) is 6.33 Å². The molecule has 0 aromatic carbocycles. The molecule has 1 aliphatic rings. The number of imidazole rings is 1. The molecule has 3 N–H and O–H groups in total. The van der Waals surface area contributed by atoms with Crippen molar-refractivity contribution in [1.82, 2.24) is 15.3 Å². The Bertz CT molecular complexity index is 331. The summed E-state index contributed by atoms with van der Waals surface area (Å²) in [5, 5.41) is 11.3. The number of fused-ring (bicyclic) bond motifs is 1. The van der Waals surface area contributed by atoms with Gasteiger partial charge in [-0.2, -0.15) is 0 Å². The number of carboxylic acid groups (broad SMARTS) is 1. The smallest absolute Gasteiger partial charge is 0.450 e. The number of H-pyrrole nitrogens is 1. The van der Waals surface area contributed by atoms with Gasteiger partial charge >= 0.3 is 6.16 Å². The van der Waals surface area contributed by atoms with Crippen LogP contribution >= 0.6 is 24.8 Å². The Morgan fingerprint density at radius 2 is 2.33 bits per heavy atom. The van der Waals surface area contributed by atoms with E-state index in [9.17, 15) is 4.79 Å². The van der Waals surface area contributed by atoms with Gasteiger partial charge in [0.15, 0.2) is 0 Å². The second kappa shape index (κ2) is 5.79. The lowest BCUT2D eigenvalue weighted by molar-refractivity contribution is 0.0313. The maximum Gasteiger partial charge on any atom is 0.507 e. The molecule has 2 heterocycles. The van der Waals surface area contributed by atoms with E-state index < -0.39 is 12.4 Å². The van der Waals surface area contributed by atoms with E-state index in [1.807, 2.05) is 0 Å². The first kappa shape index (κ1) is 14.0. The minimum Gasteiger partial charge on any atom is -0.450 e. The molecule has 2 rings (SSSR count).